The highest BCUT2D eigenvalue weighted by Gasteiger charge is 2.29. The number of piperidine rings is 1. The first kappa shape index (κ1) is 20.9. The van der Waals surface area contributed by atoms with E-state index in [9.17, 15) is 9.59 Å². The minimum Gasteiger partial charge on any atom is -0.352 e. The van der Waals surface area contributed by atoms with E-state index in [2.05, 4.69) is 10.4 Å². The molecule has 1 atom stereocenters. The van der Waals surface area contributed by atoms with Gasteiger partial charge in [-0.1, -0.05) is 54.6 Å². The van der Waals surface area contributed by atoms with Crippen molar-refractivity contribution >= 4 is 22.6 Å². The lowest BCUT2D eigenvalue weighted by molar-refractivity contribution is -0.126. The van der Waals surface area contributed by atoms with Crippen molar-refractivity contribution in [3.8, 4) is 5.69 Å². The normalized spacial score (nSPS) is 16.0. The number of likely N-dealkylation sites (tertiary alicyclic amines) is 1. The molecule has 166 valence electrons. The van der Waals surface area contributed by atoms with E-state index in [-0.39, 0.29) is 17.7 Å². The van der Waals surface area contributed by atoms with Crippen LogP contribution in [0.3, 0.4) is 0 Å². The Balaban J connectivity index is 1.22. The number of carbonyl (C=O) groups is 2. The van der Waals surface area contributed by atoms with Gasteiger partial charge in [0.25, 0.3) is 5.91 Å². The van der Waals surface area contributed by atoms with Crippen LogP contribution in [-0.4, -0.2) is 39.6 Å². The van der Waals surface area contributed by atoms with Crippen molar-refractivity contribution in [3.63, 3.8) is 0 Å². The van der Waals surface area contributed by atoms with Gasteiger partial charge in [0.2, 0.25) is 5.91 Å². The summed E-state index contributed by atoms with van der Waals surface area (Å²) in [6.07, 6.45) is 5.30. The number of nitrogens with zero attached hydrogens (tertiary/aromatic N) is 3. The molecule has 1 aromatic heterocycles. The molecule has 1 N–H and O–H groups in total. The second-order valence-corrected chi connectivity index (χ2v) is 8.46. The third-order valence-electron chi connectivity index (χ3n) is 6.22. The highest BCUT2D eigenvalue weighted by atomic mass is 16.2. The summed E-state index contributed by atoms with van der Waals surface area (Å²) in [6, 6.07) is 23.6. The van der Waals surface area contributed by atoms with E-state index in [4.69, 9.17) is 0 Å². The Labute approximate surface area is 192 Å². The van der Waals surface area contributed by atoms with Crippen LogP contribution < -0.4 is 5.32 Å². The van der Waals surface area contributed by atoms with Gasteiger partial charge in [-0.25, -0.2) is 4.68 Å². The molecule has 6 nitrogen and oxygen atoms in total. The maximum Gasteiger partial charge on any atom is 0.254 e. The van der Waals surface area contributed by atoms with Crippen LogP contribution in [0, 0.1) is 5.92 Å². The zero-order valence-electron chi connectivity index (χ0n) is 18.4. The van der Waals surface area contributed by atoms with E-state index in [1.807, 2.05) is 83.9 Å². The number of carbonyl (C=O) groups excluding carboxylic acids is 2. The summed E-state index contributed by atoms with van der Waals surface area (Å²) in [5.41, 5.74) is 2.61. The molecule has 0 bridgehead atoms. The minimum absolute atomic E-state index is 0.00608. The number of rotatable bonds is 5. The molecular weight excluding hydrogens is 412 g/mol. The SMILES string of the molecule is O=C(NCc1cnn(-c2ccccc2)c1)[C@@H]1CCCN(C(=O)c2cccc3ccccc23)C1. The number of hydrogen-bond donors (Lipinski definition) is 1. The summed E-state index contributed by atoms with van der Waals surface area (Å²) in [5, 5.41) is 9.41. The van der Waals surface area contributed by atoms with E-state index in [1.165, 1.54) is 0 Å². The van der Waals surface area contributed by atoms with Gasteiger partial charge in [0, 0.05) is 37.0 Å². The molecular formula is C27H26N4O2. The number of fused-ring (bicyclic) bond motifs is 1. The van der Waals surface area contributed by atoms with E-state index < -0.39 is 0 Å². The Bertz CT molecular complexity index is 1280. The van der Waals surface area contributed by atoms with Gasteiger partial charge in [-0.15, -0.1) is 0 Å². The maximum absolute atomic E-state index is 13.3. The topological polar surface area (TPSA) is 67.2 Å². The lowest BCUT2D eigenvalue weighted by Gasteiger charge is -2.32. The van der Waals surface area contributed by atoms with Gasteiger partial charge in [0.15, 0.2) is 0 Å². The second-order valence-electron chi connectivity index (χ2n) is 8.46. The fraction of sp³-hybridized carbons (Fsp3) is 0.222. The van der Waals surface area contributed by atoms with Crippen LogP contribution in [0.25, 0.3) is 16.5 Å². The zero-order valence-corrected chi connectivity index (χ0v) is 18.4. The Kier molecular flexibility index (Phi) is 5.89. The third-order valence-corrected chi connectivity index (χ3v) is 6.22. The molecule has 1 aliphatic rings. The lowest BCUT2D eigenvalue weighted by Crippen LogP contribution is -2.45. The molecule has 2 heterocycles. The molecule has 33 heavy (non-hydrogen) atoms. The highest BCUT2D eigenvalue weighted by Crippen LogP contribution is 2.23. The van der Waals surface area contributed by atoms with Crippen molar-refractivity contribution in [2.45, 2.75) is 19.4 Å². The van der Waals surface area contributed by atoms with E-state index >= 15 is 0 Å². The summed E-state index contributed by atoms with van der Waals surface area (Å²) in [7, 11) is 0. The molecule has 2 amide bonds. The van der Waals surface area contributed by atoms with Crippen molar-refractivity contribution in [1.29, 1.82) is 0 Å². The molecule has 0 radical (unpaired) electrons. The van der Waals surface area contributed by atoms with Crippen LogP contribution in [0.5, 0.6) is 0 Å². The van der Waals surface area contributed by atoms with Gasteiger partial charge in [0.05, 0.1) is 17.8 Å². The predicted molar refractivity (Wildman–Crippen MR) is 128 cm³/mol. The first-order valence-corrected chi connectivity index (χ1v) is 11.3. The van der Waals surface area contributed by atoms with Gasteiger partial charge in [-0.2, -0.15) is 5.10 Å². The van der Waals surface area contributed by atoms with E-state index in [0.29, 0.717) is 25.2 Å². The van der Waals surface area contributed by atoms with Crippen molar-refractivity contribution < 1.29 is 9.59 Å². The Morgan fingerprint density at radius 2 is 1.76 bits per heavy atom. The monoisotopic (exact) mass is 438 g/mol. The molecule has 3 aromatic carbocycles. The first-order valence-electron chi connectivity index (χ1n) is 11.3. The van der Waals surface area contributed by atoms with Crippen molar-refractivity contribution in [2.75, 3.05) is 13.1 Å². The molecule has 1 saturated heterocycles. The van der Waals surface area contributed by atoms with Crippen LogP contribution in [0.1, 0.15) is 28.8 Å². The summed E-state index contributed by atoms with van der Waals surface area (Å²) in [4.78, 5) is 28.0. The van der Waals surface area contributed by atoms with Crippen LogP contribution in [-0.2, 0) is 11.3 Å². The van der Waals surface area contributed by atoms with E-state index in [0.717, 1.165) is 34.9 Å². The Morgan fingerprint density at radius 1 is 0.970 bits per heavy atom. The number of nitrogens with one attached hydrogen (secondary N) is 1. The van der Waals surface area contributed by atoms with E-state index in [1.54, 1.807) is 10.9 Å². The van der Waals surface area contributed by atoms with Gasteiger partial charge in [-0.05, 0) is 41.8 Å². The number of para-hydroxylation sites is 1. The molecule has 0 unspecified atom stereocenters. The fourth-order valence-electron chi connectivity index (χ4n) is 4.46. The quantitative estimate of drug-likeness (QED) is 0.508. The fourth-order valence-corrected chi connectivity index (χ4v) is 4.46. The zero-order chi connectivity index (χ0) is 22.6. The summed E-state index contributed by atoms with van der Waals surface area (Å²) in [5.74, 6) is -0.229. The van der Waals surface area contributed by atoms with Crippen LogP contribution in [0.4, 0.5) is 0 Å². The third kappa shape index (κ3) is 4.51. The first-order chi connectivity index (χ1) is 16.2. The van der Waals surface area contributed by atoms with Gasteiger partial charge >= 0.3 is 0 Å². The van der Waals surface area contributed by atoms with Crippen LogP contribution >= 0.6 is 0 Å². The standard InChI is InChI=1S/C27H26N4O2/c32-26(28-16-20-17-29-31(18-20)23-11-2-1-3-12-23)22-10-7-15-30(19-22)27(33)25-14-6-9-21-8-4-5-13-24(21)25/h1-6,8-9,11-14,17-18,22H,7,10,15-16,19H2,(H,28,32)/t22-/m1/s1. The minimum atomic E-state index is -0.207. The molecule has 4 aromatic rings. The van der Waals surface area contributed by atoms with Crippen molar-refractivity contribution in [3.05, 3.63) is 96.3 Å². The molecule has 6 heteroatoms. The largest absolute Gasteiger partial charge is 0.352 e. The molecule has 5 rings (SSSR count). The van der Waals surface area contributed by atoms with Gasteiger partial charge < -0.3 is 10.2 Å². The summed E-state index contributed by atoms with van der Waals surface area (Å²) < 4.78 is 1.80. The lowest BCUT2D eigenvalue weighted by atomic mass is 9.95. The molecule has 1 aliphatic heterocycles. The maximum atomic E-state index is 13.3. The second kappa shape index (κ2) is 9.28. The number of hydrogen-bond acceptors (Lipinski definition) is 3. The van der Waals surface area contributed by atoms with Crippen molar-refractivity contribution in [2.24, 2.45) is 5.92 Å². The Hall–Kier alpha value is -3.93. The number of amides is 2. The Morgan fingerprint density at radius 3 is 2.64 bits per heavy atom. The molecule has 0 spiro atoms. The molecule has 0 aliphatic carbocycles. The average Bonchev–Trinajstić information content (AvgIpc) is 3.36. The number of benzene rings is 3. The summed E-state index contributed by atoms with van der Waals surface area (Å²) in [6.45, 7) is 1.53. The predicted octanol–water partition coefficient (Wildman–Crippen LogP) is 4.19. The molecule has 0 saturated carbocycles. The van der Waals surface area contributed by atoms with Crippen LogP contribution in [0.2, 0.25) is 0 Å². The highest BCUT2D eigenvalue weighted by molar-refractivity contribution is 6.07. The number of aromatic nitrogens is 2. The van der Waals surface area contributed by atoms with Gasteiger partial charge in [-0.3, -0.25) is 9.59 Å². The van der Waals surface area contributed by atoms with Gasteiger partial charge in [0.1, 0.15) is 0 Å². The smallest absolute Gasteiger partial charge is 0.254 e. The molecule has 1 fully saturated rings. The van der Waals surface area contributed by atoms with Crippen LogP contribution in [0.15, 0.2) is 85.2 Å². The average molecular weight is 439 g/mol. The summed E-state index contributed by atoms with van der Waals surface area (Å²) >= 11 is 0. The van der Waals surface area contributed by atoms with Crippen molar-refractivity contribution in [1.82, 2.24) is 20.0 Å².